The fraction of sp³-hybridized carbons (Fsp3) is 0.308. The van der Waals surface area contributed by atoms with Crippen molar-refractivity contribution in [3.63, 3.8) is 0 Å². The minimum Gasteiger partial charge on any atom is -0.479 e. The number of nitriles is 1. The molecule has 1 aromatic carbocycles. The van der Waals surface area contributed by atoms with E-state index in [0.717, 1.165) is 5.75 Å². The topological polar surface area (TPSA) is 90.2 Å². The molecular weight excluding hydrogens is 264 g/mol. The molecule has 6 heteroatoms. The first kappa shape index (κ1) is 13.4. The standard InChI is InChI=1S/C13H12N2O3S/c14-7-9-1-3-10(4-2-9)11(16)15-13(12(17)18)5-6-19-8-13/h1-4H,5-6,8H2,(H,15,16)(H,17,18). The van der Waals surface area contributed by atoms with E-state index in [1.54, 1.807) is 0 Å². The van der Waals surface area contributed by atoms with Crippen molar-refractivity contribution in [2.75, 3.05) is 11.5 Å². The maximum Gasteiger partial charge on any atom is 0.330 e. The minimum atomic E-state index is -1.17. The summed E-state index contributed by atoms with van der Waals surface area (Å²) in [6.45, 7) is 0. The van der Waals surface area contributed by atoms with Gasteiger partial charge < -0.3 is 10.4 Å². The van der Waals surface area contributed by atoms with Crippen molar-refractivity contribution in [2.45, 2.75) is 12.0 Å². The number of hydrogen-bond acceptors (Lipinski definition) is 4. The number of amides is 1. The van der Waals surface area contributed by atoms with Gasteiger partial charge >= 0.3 is 5.97 Å². The highest BCUT2D eigenvalue weighted by Gasteiger charge is 2.43. The van der Waals surface area contributed by atoms with E-state index in [2.05, 4.69) is 5.32 Å². The van der Waals surface area contributed by atoms with Crippen LogP contribution in [0.5, 0.6) is 0 Å². The van der Waals surface area contributed by atoms with Crippen LogP contribution in [0.15, 0.2) is 24.3 Å². The van der Waals surface area contributed by atoms with Gasteiger partial charge in [0.15, 0.2) is 0 Å². The van der Waals surface area contributed by atoms with Crippen LogP contribution in [0.25, 0.3) is 0 Å². The van der Waals surface area contributed by atoms with Gasteiger partial charge in [0, 0.05) is 11.3 Å². The van der Waals surface area contributed by atoms with Crippen molar-refractivity contribution in [1.82, 2.24) is 5.32 Å². The molecule has 1 aromatic rings. The molecule has 0 radical (unpaired) electrons. The summed E-state index contributed by atoms with van der Waals surface area (Å²) in [6.07, 6.45) is 0.426. The van der Waals surface area contributed by atoms with Crippen molar-refractivity contribution in [3.05, 3.63) is 35.4 Å². The van der Waals surface area contributed by atoms with Crippen LogP contribution in [0.1, 0.15) is 22.3 Å². The van der Waals surface area contributed by atoms with Gasteiger partial charge in [-0.2, -0.15) is 17.0 Å². The van der Waals surface area contributed by atoms with Gasteiger partial charge in [0.1, 0.15) is 5.54 Å². The predicted octanol–water partition coefficient (Wildman–Crippen LogP) is 1.25. The van der Waals surface area contributed by atoms with Crippen LogP contribution < -0.4 is 5.32 Å². The molecule has 1 aliphatic heterocycles. The third-order valence-corrected chi connectivity index (χ3v) is 4.25. The van der Waals surface area contributed by atoms with Gasteiger partial charge in [-0.25, -0.2) is 4.79 Å². The first-order valence-electron chi connectivity index (χ1n) is 5.71. The summed E-state index contributed by atoms with van der Waals surface area (Å²) in [5.41, 5.74) is -0.354. The molecule has 0 bridgehead atoms. The molecule has 2 N–H and O–H groups in total. The maximum atomic E-state index is 12.0. The monoisotopic (exact) mass is 276 g/mol. The average Bonchev–Trinajstić information content (AvgIpc) is 2.88. The van der Waals surface area contributed by atoms with Crippen LogP contribution in [0.3, 0.4) is 0 Å². The van der Waals surface area contributed by atoms with Gasteiger partial charge in [-0.15, -0.1) is 0 Å². The highest BCUT2D eigenvalue weighted by Crippen LogP contribution is 2.28. The van der Waals surface area contributed by atoms with Crippen molar-refractivity contribution < 1.29 is 14.7 Å². The maximum absolute atomic E-state index is 12.0. The van der Waals surface area contributed by atoms with Crippen LogP contribution in [-0.2, 0) is 4.79 Å². The lowest BCUT2D eigenvalue weighted by molar-refractivity contribution is -0.143. The van der Waals surface area contributed by atoms with E-state index in [0.29, 0.717) is 23.3 Å². The van der Waals surface area contributed by atoms with Crippen molar-refractivity contribution in [3.8, 4) is 6.07 Å². The molecule has 1 unspecified atom stereocenters. The molecule has 1 atom stereocenters. The summed E-state index contributed by atoms with van der Waals surface area (Å²) >= 11 is 1.51. The summed E-state index contributed by atoms with van der Waals surface area (Å²) in [5.74, 6) is -0.321. The largest absolute Gasteiger partial charge is 0.479 e. The third kappa shape index (κ3) is 2.71. The van der Waals surface area contributed by atoms with Gasteiger partial charge in [0.25, 0.3) is 5.91 Å². The average molecular weight is 276 g/mol. The number of carbonyl (C=O) groups is 2. The molecule has 1 amide bonds. The molecule has 19 heavy (non-hydrogen) atoms. The lowest BCUT2D eigenvalue weighted by Gasteiger charge is -2.24. The minimum absolute atomic E-state index is 0.358. The summed E-state index contributed by atoms with van der Waals surface area (Å²) in [6, 6.07) is 8.07. The Morgan fingerprint density at radius 1 is 1.37 bits per heavy atom. The summed E-state index contributed by atoms with van der Waals surface area (Å²) in [5, 5.41) is 20.6. The second-order valence-corrected chi connectivity index (χ2v) is 5.44. The fourth-order valence-electron chi connectivity index (χ4n) is 1.87. The second kappa shape index (κ2) is 5.33. The number of thioether (sulfide) groups is 1. The fourth-order valence-corrected chi connectivity index (χ4v) is 3.20. The summed E-state index contributed by atoms with van der Waals surface area (Å²) in [7, 11) is 0. The van der Waals surface area contributed by atoms with E-state index in [1.807, 2.05) is 6.07 Å². The Morgan fingerprint density at radius 3 is 2.53 bits per heavy atom. The lowest BCUT2D eigenvalue weighted by Crippen LogP contribution is -2.54. The number of carbonyl (C=O) groups excluding carboxylic acids is 1. The van der Waals surface area contributed by atoms with Gasteiger partial charge in [-0.3, -0.25) is 4.79 Å². The predicted molar refractivity (Wildman–Crippen MR) is 70.9 cm³/mol. The lowest BCUT2D eigenvalue weighted by atomic mass is 9.98. The quantitative estimate of drug-likeness (QED) is 0.867. The van der Waals surface area contributed by atoms with E-state index in [-0.39, 0.29) is 0 Å². The molecule has 0 spiro atoms. The third-order valence-electron chi connectivity index (χ3n) is 3.06. The Morgan fingerprint density at radius 2 is 2.05 bits per heavy atom. The smallest absolute Gasteiger partial charge is 0.330 e. The Kier molecular flexibility index (Phi) is 3.76. The highest BCUT2D eigenvalue weighted by molar-refractivity contribution is 7.99. The zero-order valence-electron chi connectivity index (χ0n) is 10.0. The van der Waals surface area contributed by atoms with Crippen LogP contribution in [0, 0.1) is 11.3 Å². The Balaban J connectivity index is 2.15. The molecule has 1 aliphatic rings. The first-order chi connectivity index (χ1) is 9.07. The number of nitrogens with zero attached hydrogens (tertiary/aromatic N) is 1. The van der Waals surface area contributed by atoms with Gasteiger partial charge in [0.2, 0.25) is 0 Å². The molecule has 1 heterocycles. The number of benzene rings is 1. The van der Waals surface area contributed by atoms with Crippen LogP contribution in [0.4, 0.5) is 0 Å². The van der Waals surface area contributed by atoms with Crippen molar-refractivity contribution in [2.24, 2.45) is 0 Å². The highest BCUT2D eigenvalue weighted by atomic mass is 32.2. The number of rotatable bonds is 3. The van der Waals surface area contributed by atoms with E-state index >= 15 is 0 Å². The molecule has 5 nitrogen and oxygen atoms in total. The van der Waals surface area contributed by atoms with Crippen LogP contribution >= 0.6 is 11.8 Å². The number of nitrogens with one attached hydrogen (secondary N) is 1. The Labute approximate surface area is 114 Å². The Hall–Kier alpha value is -2.00. The normalized spacial score (nSPS) is 21.6. The molecule has 0 aromatic heterocycles. The molecule has 0 aliphatic carbocycles. The van der Waals surface area contributed by atoms with Gasteiger partial charge in [-0.1, -0.05) is 0 Å². The number of carboxylic acids is 1. The SMILES string of the molecule is N#Cc1ccc(C(=O)NC2(C(=O)O)CCSC2)cc1. The second-order valence-electron chi connectivity index (χ2n) is 4.33. The number of hydrogen-bond donors (Lipinski definition) is 2. The summed E-state index contributed by atoms with van der Waals surface area (Å²) in [4.78, 5) is 23.4. The summed E-state index contributed by atoms with van der Waals surface area (Å²) < 4.78 is 0. The zero-order valence-corrected chi connectivity index (χ0v) is 10.9. The molecule has 98 valence electrons. The van der Waals surface area contributed by atoms with E-state index < -0.39 is 17.4 Å². The van der Waals surface area contributed by atoms with Crippen molar-refractivity contribution >= 4 is 23.6 Å². The Bertz CT molecular complexity index is 542. The molecule has 2 rings (SSSR count). The van der Waals surface area contributed by atoms with Crippen LogP contribution in [0.2, 0.25) is 0 Å². The number of aliphatic carboxylic acids is 1. The van der Waals surface area contributed by atoms with Gasteiger partial charge in [-0.05, 0) is 36.4 Å². The van der Waals surface area contributed by atoms with Gasteiger partial charge in [0.05, 0.1) is 11.6 Å². The van der Waals surface area contributed by atoms with Crippen molar-refractivity contribution in [1.29, 1.82) is 5.26 Å². The van der Waals surface area contributed by atoms with E-state index in [4.69, 9.17) is 5.26 Å². The number of carboxylic acid groups (broad SMARTS) is 1. The molecule has 0 saturated carbocycles. The zero-order chi connectivity index (χ0) is 13.9. The van der Waals surface area contributed by atoms with Crippen LogP contribution in [-0.4, -0.2) is 34.0 Å². The molecule has 1 saturated heterocycles. The van der Waals surface area contributed by atoms with E-state index in [9.17, 15) is 14.7 Å². The van der Waals surface area contributed by atoms with E-state index in [1.165, 1.54) is 36.0 Å². The molecule has 1 fully saturated rings. The first-order valence-corrected chi connectivity index (χ1v) is 6.87. The molecular formula is C13H12N2O3S.